The van der Waals surface area contributed by atoms with E-state index < -0.39 is 0 Å². The van der Waals surface area contributed by atoms with Crippen molar-refractivity contribution in [3.63, 3.8) is 0 Å². The van der Waals surface area contributed by atoms with Gasteiger partial charge in [0.2, 0.25) is 0 Å². The molecule has 0 saturated heterocycles. The number of rotatable bonds is 9. The number of aromatic nitrogens is 4. The molecule has 0 unspecified atom stereocenters. The highest BCUT2D eigenvalue weighted by molar-refractivity contribution is 7.99. The van der Waals surface area contributed by atoms with Crippen LogP contribution in [0.25, 0.3) is 38.9 Å². The Balaban J connectivity index is 1.18. The number of amides is 1. The van der Waals surface area contributed by atoms with Crippen molar-refractivity contribution >= 4 is 45.7 Å². The van der Waals surface area contributed by atoms with Gasteiger partial charge in [0.05, 0.1) is 19.1 Å². The summed E-state index contributed by atoms with van der Waals surface area (Å²) >= 11 is 1.31. The lowest BCUT2D eigenvalue weighted by molar-refractivity contribution is -0.118. The Labute approximate surface area is 248 Å². The van der Waals surface area contributed by atoms with E-state index in [9.17, 15) is 4.79 Å². The van der Waals surface area contributed by atoms with E-state index in [4.69, 9.17) is 4.74 Å². The summed E-state index contributed by atoms with van der Waals surface area (Å²) in [6.45, 7) is 5.09. The standard InChI is InChI=1S/C33H30N6O2S/c1-4-38-29-8-6-5-7-27(29)28-19-23(11-18-30(28)38)20-34-35-31(40)21-42-33-37-36-32(24-12-16-26(41-3)17-13-24)39(33)25-14-9-22(2)10-15-25/h5-20H,4,21H2,1-3H3,(H,35,40)/b34-20+. The Hall–Kier alpha value is -4.89. The molecule has 210 valence electrons. The Morgan fingerprint density at radius 2 is 1.71 bits per heavy atom. The van der Waals surface area contributed by atoms with Gasteiger partial charge in [-0.05, 0) is 74.0 Å². The van der Waals surface area contributed by atoms with E-state index in [1.807, 2.05) is 66.1 Å². The summed E-state index contributed by atoms with van der Waals surface area (Å²) < 4.78 is 9.57. The predicted octanol–water partition coefficient (Wildman–Crippen LogP) is 6.62. The number of nitrogens with zero attached hydrogens (tertiary/aromatic N) is 5. The van der Waals surface area contributed by atoms with Gasteiger partial charge in [-0.3, -0.25) is 9.36 Å². The van der Waals surface area contributed by atoms with E-state index in [0.717, 1.165) is 34.7 Å². The van der Waals surface area contributed by atoms with Crippen LogP contribution in [-0.2, 0) is 11.3 Å². The molecular formula is C33H30N6O2S. The molecule has 9 heteroatoms. The summed E-state index contributed by atoms with van der Waals surface area (Å²) in [5, 5.41) is 16.1. The van der Waals surface area contributed by atoms with Gasteiger partial charge in [-0.2, -0.15) is 5.10 Å². The minimum Gasteiger partial charge on any atom is -0.497 e. The number of nitrogens with one attached hydrogen (secondary N) is 1. The van der Waals surface area contributed by atoms with Crippen LogP contribution in [0.2, 0.25) is 0 Å². The lowest BCUT2D eigenvalue weighted by Gasteiger charge is -2.11. The van der Waals surface area contributed by atoms with Crippen LogP contribution in [0.1, 0.15) is 18.1 Å². The van der Waals surface area contributed by atoms with Crippen molar-refractivity contribution in [2.75, 3.05) is 12.9 Å². The third-order valence-electron chi connectivity index (χ3n) is 7.12. The molecule has 1 N–H and O–H groups in total. The second kappa shape index (κ2) is 11.9. The molecule has 0 bridgehead atoms. The normalized spacial score (nSPS) is 11.5. The van der Waals surface area contributed by atoms with Gasteiger partial charge >= 0.3 is 0 Å². The first-order chi connectivity index (χ1) is 20.6. The highest BCUT2D eigenvalue weighted by Crippen LogP contribution is 2.30. The zero-order chi connectivity index (χ0) is 29.1. The monoisotopic (exact) mass is 574 g/mol. The number of methoxy groups -OCH3 is 1. The molecule has 0 radical (unpaired) electrons. The summed E-state index contributed by atoms with van der Waals surface area (Å²) in [5.74, 6) is 1.35. The molecule has 0 spiro atoms. The lowest BCUT2D eigenvalue weighted by atomic mass is 10.1. The van der Waals surface area contributed by atoms with Crippen molar-refractivity contribution < 1.29 is 9.53 Å². The molecule has 0 aliphatic heterocycles. The summed E-state index contributed by atoms with van der Waals surface area (Å²) in [4.78, 5) is 12.8. The number of hydrogen-bond donors (Lipinski definition) is 1. The number of thioether (sulfide) groups is 1. The van der Waals surface area contributed by atoms with E-state index >= 15 is 0 Å². The number of ether oxygens (including phenoxy) is 1. The van der Waals surface area contributed by atoms with Crippen molar-refractivity contribution in [1.82, 2.24) is 24.8 Å². The average Bonchev–Trinajstić information content (AvgIpc) is 3.59. The van der Waals surface area contributed by atoms with Crippen LogP contribution >= 0.6 is 11.8 Å². The van der Waals surface area contributed by atoms with Gasteiger partial charge in [-0.1, -0.05) is 53.7 Å². The Bertz CT molecular complexity index is 1910. The van der Waals surface area contributed by atoms with Crippen LogP contribution in [0.5, 0.6) is 5.75 Å². The maximum atomic E-state index is 12.8. The first kappa shape index (κ1) is 27.3. The molecule has 0 aliphatic carbocycles. The molecule has 8 nitrogen and oxygen atoms in total. The molecule has 1 amide bonds. The number of benzene rings is 4. The predicted molar refractivity (Wildman–Crippen MR) is 170 cm³/mol. The van der Waals surface area contributed by atoms with E-state index in [1.54, 1.807) is 13.3 Å². The fourth-order valence-electron chi connectivity index (χ4n) is 5.05. The average molecular weight is 575 g/mol. The van der Waals surface area contributed by atoms with Crippen LogP contribution in [0.15, 0.2) is 101 Å². The van der Waals surface area contributed by atoms with E-state index in [1.165, 1.54) is 33.6 Å². The van der Waals surface area contributed by atoms with Gasteiger partial charge in [0.25, 0.3) is 5.91 Å². The Morgan fingerprint density at radius 3 is 2.48 bits per heavy atom. The molecule has 6 rings (SSSR count). The fourth-order valence-corrected chi connectivity index (χ4v) is 5.79. The summed E-state index contributed by atoms with van der Waals surface area (Å²) in [6.07, 6.45) is 1.68. The molecule has 0 saturated carbocycles. The fraction of sp³-hybridized carbons (Fsp3) is 0.152. The topological polar surface area (TPSA) is 86.3 Å². The quantitative estimate of drug-likeness (QED) is 0.119. The summed E-state index contributed by atoms with van der Waals surface area (Å²) in [7, 11) is 1.64. The number of carbonyl (C=O) groups excluding carboxylic acids is 1. The molecule has 42 heavy (non-hydrogen) atoms. The molecule has 0 fully saturated rings. The van der Waals surface area contributed by atoms with Gasteiger partial charge in [-0.15, -0.1) is 10.2 Å². The molecule has 2 heterocycles. The highest BCUT2D eigenvalue weighted by Gasteiger charge is 2.17. The van der Waals surface area contributed by atoms with E-state index in [0.29, 0.717) is 11.0 Å². The van der Waals surface area contributed by atoms with Gasteiger partial charge in [-0.25, -0.2) is 5.43 Å². The highest BCUT2D eigenvalue weighted by atomic mass is 32.2. The molecule has 0 aliphatic rings. The van der Waals surface area contributed by atoms with Gasteiger partial charge in [0.15, 0.2) is 11.0 Å². The van der Waals surface area contributed by atoms with Gasteiger partial charge < -0.3 is 9.30 Å². The number of hydrogen-bond acceptors (Lipinski definition) is 6. The van der Waals surface area contributed by atoms with Crippen LogP contribution in [0.3, 0.4) is 0 Å². The largest absolute Gasteiger partial charge is 0.497 e. The van der Waals surface area contributed by atoms with Crippen molar-refractivity contribution in [3.8, 4) is 22.8 Å². The molecule has 0 atom stereocenters. The zero-order valence-electron chi connectivity index (χ0n) is 23.6. The minimum atomic E-state index is -0.232. The zero-order valence-corrected chi connectivity index (χ0v) is 24.4. The maximum Gasteiger partial charge on any atom is 0.250 e. The number of fused-ring (bicyclic) bond motifs is 3. The van der Waals surface area contributed by atoms with Crippen LogP contribution in [0.4, 0.5) is 0 Å². The number of carbonyl (C=O) groups is 1. The van der Waals surface area contributed by atoms with Crippen molar-refractivity contribution in [1.29, 1.82) is 0 Å². The maximum absolute atomic E-state index is 12.8. The van der Waals surface area contributed by atoms with Crippen molar-refractivity contribution in [2.45, 2.75) is 25.5 Å². The SMILES string of the molecule is CCn1c2ccccc2c2cc(/C=N/NC(=O)CSc3nnc(-c4ccc(OC)cc4)n3-c3ccc(C)cc3)ccc21. The smallest absolute Gasteiger partial charge is 0.250 e. The number of aryl methyl sites for hydroxylation is 2. The molecule has 4 aromatic carbocycles. The van der Waals surface area contributed by atoms with Gasteiger partial charge in [0, 0.05) is 39.6 Å². The van der Waals surface area contributed by atoms with Crippen LogP contribution in [0, 0.1) is 6.92 Å². The third-order valence-corrected chi connectivity index (χ3v) is 8.05. The van der Waals surface area contributed by atoms with Gasteiger partial charge in [0.1, 0.15) is 5.75 Å². The van der Waals surface area contributed by atoms with E-state index in [-0.39, 0.29) is 11.7 Å². The first-order valence-corrected chi connectivity index (χ1v) is 14.7. The molecular weight excluding hydrogens is 544 g/mol. The summed E-state index contributed by atoms with van der Waals surface area (Å²) in [6, 6.07) is 30.4. The van der Waals surface area contributed by atoms with Crippen LogP contribution < -0.4 is 10.2 Å². The number of hydrazone groups is 1. The Morgan fingerprint density at radius 1 is 0.952 bits per heavy atom. The van der Waals surface area contributed by atoms with E-state index in [2.05, 4.69) is 68.6 Å². The Kier molecular flexibility index (Phi) is 7.74. The first-order valence-electron chi connectivity index (χ1n) is 13.7. The van der Waals surface area contributed by atoms with Crippen LogP contribution in [-0.4, -0.2) is 44.3 Å². The summed E-state index contributed by atoms with van der Waals surface area (Å²) in [5.41, 5.74) is 8.92. The second-order valence-electron chi connectivity index (χ2n) is 9.83. The minimum absolute atomic E-state index is 0.132. The van der Waals surface area contributed by atoms with Crippen molar-refractivity contribution in [2.24, 2.45) is 5.10 Å². The molecule has 2 aromatic heterocycles. The lowest BCUT2D eigenvalue weighted by Crippen LogP contribution is -2.20. The van der Waals surface area contributed by atoms with Crippen molar-refractivity contribution in [3.05, 3.63) is 102 Å². The molecule has 6 aromatic rings. The third kappa shape index (κ3) is 5.38. The second-order valence-corrected chi connectivity index (χ2v) is 10.8. The number of para-hydroxylation sites is 1.